The van der Waals surface area contributed by atoms with Gasteiger partial charge in [-0.05, 0) is 18.2 Å². The van der Waals surface area contributed by atoms with Crippen LogP contribution in [0.5, 0.6) is 5.75 Å². The van der Waals surface area contributed by atoms with Gasteiger partial charge in [0.25, 0.3) is 0 Å². The zero-order chi connectivity index (χ0) is 13.3. The number of amidine groups is 1. The minimum Gasteiger partial charge on any atom is -0.494 e. The van der Waals surface area contributed by atoms with Crippen molar-refractivity contribution in [3.63, 3.8) is 0 Å². The first-order valence-electron chi connectivity index (χ1n) is 5.08. The Bertz CT molecular complexity index is 529. The van der Waals surface area contributed by atoms with Crippen LogP contribution in [0.2, 0.25) is 0 Å². The summed E-state index contributed by atoms with van der Waals surface area (Å²) < 4.78 is 18.4. The van der Waals surface area contributed by atoms with Crippen LogP contribution in [0.25, 0.3) is 0 Å². The smallest absolute Gasteiger partial charge is 0.220 e. The third-order valence-corrected chi connectivity index (χ3v) is 2.42. The number of rotatable bonds is 2. The maximum atomic E-state index is 13.6. The lowest BCUT2D eigenvalue weighted by atomic mass is 10.2. The number of halogens is 1. The lowest BCUT2D eigenvalue weighted by Gasteiger charge is -2.27. The fourth-order valence-corrected chi connectivity index (χ4v) is 1.54. The average molecular weight is 252 g/mol. The Kier molecular flexibility index (Phi) is 3.13. The van der Waals surface area contributed by atoms with E-state index in [9.17, 15) is 4.39 Å². The second-order valence-electron chi connectivity index (χ2n) is 3.59. The summed E-state index contributed by atoms with van der Waals surface area (Å²) in [5, 5.41) is 1.11. The summed E-state index contributed by atoms with van der Waals surface area (Å²) in [6, 6.07) is 4.31. The SMILES string of the molecule is COc1ccc(C2=NC(N)=NC(N)N2N)cc1F. The summed E-state index contributed by atoms with van der Waals surface area (Å²) in [7, 11) is 1.38. The molecule has 8 heteroatoms. The van der Waals surface area contributed by atoms with Crippen molar-refractivity contribution >= 4 is 11.8 Å². The molecular formula is C10H13FN6O. The summed E-state index contributed by atoms with van der Waals surface area (Å²) in [6.07, 6.45) is -0.845. The van der Waals surface area contributed by atoms with Crippen LogP contribution in [-0.4, -0.2) is 30.2 Å². The Balaban J connectivity index is 2.42. The van der Waals surface area contributed by atoms with Gasteiger partial charge in [0.1, 0.15) is 0 Å². The molecule has 1 unspecified atom stereocenters. The molecule has 6 N–H and O–H groups in total. The number of nitrogens with zero attached hydrogens (tertiary/aromatic N) is 3. The highest BCUT2D eigenvalue weighted by atomic mass is 19.1. The first-order chi connectivity index (χ1) is 8.52. The van der Waals surface area contributed by atoms with Crippen LogP contribution >= 0.6 is 0 Å². The van der Waals surface area contributed by atoms with Crippen LogP contribution in [-0.2, 0) is 0 Å². The minimum atomic E-state index is -0.845. The van der Waals surface area contributed by atoms with Crippen LogP contribution in [0.15, 0.2) is 28.2 Å². The van der Waals surface area contributed by atoms with E-state index >= 15 is 0 Å². The number of ether oxygens (including phenoxy) is 1. The van der Waals surface area contributed by atoms with Gasteiger partial charge in [-0.15, -0.1) is 0 Å². The Morgan fingerprint density at radius 1 is 1.44 bits per heavy atom. The molecule has 1 heterocycles. The van der Waals surface area contributed by atoms with Crippen molar-refractivity contribution in [1.82, 2.24) is 5.01 Å². The first kappa shape index (κ1) is 12.3. The zero-order valence-electron chi connectivity index (χ0n) is 9.67. The molecule has 0 bridgehead atoms. The van der Waals surface area contributed by atoms with Gasteiger partial charge >= 0.3 is 0 Å². The summed E-state index contributed by atoms with van der Waals surface area (Å²) in [4.78, 5) is 7.70. The molecule has 1 aromatic carbocycles. The Hall–Kier alpha value is -2.19. The van der Waals surface area contributed by atoms with Gasteiger partial charge in [0.2, 0.25) is 5.96 Å². The standard InChI is InChI=1S/C10H13FN6O/c1-18-7-3-2-5(4-6(7)11)8-15-9(12)16-10(13)17(8)14/h2-4,10H,13-14H2,1H3,(H2,12,16). The van der Waals surface area contributed by atoms with Gasteiger partial charge in [-0.25, -0.2) is 15.2 Å². The van der Waals surface area contributed by atoms with E-state index in [-0.39, 0.29) is 17.5 Å². The monoisotopic (exact) mass is 252 g/mol. The van der Waals surface area contributed by atoms with Crippen molar-refractivity contribution in [3.05, 3.63) is 29.6 Å². The third-order valence-electron chi connectivity index (χ3n) is 2.42. The largest absolute Gasteiger partial charge is 0.494 e. The Labute approximate surface area is 103 Å². The summed E-state index contributed by atoms with van der Waals surface area (Å²) in [5.41, 5.74) is 11.6. The molecule has 0 fully saturated rings. The molecule has 0 radical (unpaired) electrons. The predicted molar refractivity (Wildman–Crippen MR) is 65.1 cm³/mol. The molecule has 1 aromatic rings. The van der Waals surface area contributed by atoms with Gasteiger partial charge < -0.3 is 10.5 Å². The molecule has 0 amide bonds. The van der Waals surface area contributed by atoms with E-state index < -0.39 is 12.1 Å². The quantitative estimate of drug-likeness (QED) is 0.603. The van der Waals surface area contributed by atoms with Crippen LogP contribution in [0.3, 0.4) is 0 Å². The Morgan fingerprint density at radius 2 is 2.17 bits per heavy atom. The number of benzene rings is 1. The topological polar surface area (TPSA) is 115 Å². The molecular weight excluding hydrogens is 239 g/mol. The molecule has 0 aromatic heterocycles. The highest BCUT2D eigenvalue weighted by Crippen LogP contribution is 2.19. The van der Waals surface area contributed by atoms with Crippen LogP contribution in [0, 0.1) is 5.82 Å². The lowest BCUT2D eigenvalue weighted by molar-refractivity contribution is 0.332. The summed E-state index contributed by atoms with van der Waals surface area (Å²) in [6.45, 7) is 0. The van der Waals surface area contributed by atoms with E-state index in [1.54, 1.807) is 6.07 Å². The molecule has 1 atom stereocenters. The van der Waals surface area contributed by atoms with E-state index in [1.807, 2.05) is 0 Å². The van der Waals surface area contributed by atoms with Gasteiger partial charge in [0, 0.05) is 5.56 Å². The van der Waals surface area contributed by atoms with Crippen LogP contribution in [0.1, 0.15) is 5.56 Å². The van der Waals surface area contributed by atoms with Gasteiger partial charge in [0.15, 0.2) is 23.7 Å². The molecule has 1 aliphatic heterocycles. The molecule has 0 aliphatic carbocycles. The number of aliphatic imine (C=N–C) groups is 2. The highest BCUT2D eigenvalue weighted by molar-refractivity contribution is 6.06. The van der Waals surface area contributed by atoms with E-state index in [1.165, 1.54) is 19.2 Å². The maximum absolute atomic E-state index is 13.6. The van der Waals surface area contributed by atoms with Gasteiger partial charge in [-0.2, -0.15) is 4.99 Å². The van der Waals surface area contributed by atoms with Crippen molar-refractivity contribution in [3.8, 4) is 5.75 Å². The molecule has 0 spiro atoms. The average Bonchev–Trinajstić information content (AvgIpc) is 2.33. The lowest BCUT2D eigenvalue weighted by Crippen LogP contribution is -2.53. The molecule has 2 rings (SSSR count). The molecule has 96 valence electrons. The van der Waals surface area contributed by atoms with Crippen molar-refractivity contribution < 1.29 is 9.13 Å². The van der Waals surface area contributed by atoms with Gasteiger partial charge in [-0.3, -0.25) is 10.7 Å². The first-order valence-corrected chi connectivity index (χ1v) is 5.08. The van der Waals surface area contributed by atoms with Crippen molar-refractivity contribution in [2.24, 2.45) is 27.3 Å². The fraction of sp³-hybridized carbons (Fsp3) is 0.200. The third kappa shape index (κ3) is 2.11. The van der Waals surface area contributed by atoms with E-state index in [2.05, 4.69) is 9.98 Å². The number of guanidine groups is 1. The van der Waals surface area contributed by atoms with Crippen molar-refractivity contribution in [1.29, 1.82) is 0 Å². The number of methoxy groups -OCH3 is 1. The molecule has 18 heavy (non-hydrogen) atoms. The molecule has 7 nitrogen and oxygen atoms in total. The van der Waals surface area contributed by atoms with Crippen molar-refractivity contribution in [2.75, 3.05) is 7.11 Å². The summed E-state index contributed by atoms with van der Waals surface area (Å²) in [5.74, 6) is 5.54. The summed E-state index contributed by atoms with van der Waals surface area (Å²) >= 11 is 0. The maximum Gasteiger partial charge on any atom is 0.220 e. The predicted octanol–water partition coefficient (Wildman–Crippen LogP) is -0.673. The van der Waals surface area contributed by atoms with Crippen LogP contribution in [0.4, 0.5) is 4.39 Å². The van der Waals surface area contributed by atoms with E-state index in [0.29, 0.717) is 5.56 Å². The molecule has 1 aliphatic rings. The number of nitrogens with two attached hydrogens (primary N) is 3. The number of hydrazine groups is 1. The van der Waals surface area contributed by atoms with E-state index in [0.717, 1.165) is 5.01 Å². The van der Waals surface area contributed by atoms with Gasteiger partial charge in [-0.1, -0.05) is 0 Å². The second-order valence-corrected chi connectivity index (χ2v) is 3.59. The molecule has 0 saturated heterocycles. The normalized spacial score (nSPS) is 19.3. The fourth-order valence-electron chi connectivity index (χ4n) is 1.54. The zero-order valence-corrected chi connectivity index (χ0v) is 9.67. The highest BCUT2D eigenvalue weighted by Gasteiger charge is 2.22. The minimum absolute atomic E-state index is 0.00423. The van der Waals surface area contributed by atoms with E-state index in [4.69, 9.17) is 22.0 Å². The van der Waals surface area contributed by atoms with Crippen LogP contribution < -0.4 is 22.0 Å². The second kappa shape index (κ2) is 4.59. The molecule has 0 saturated carbocycles. The number of hydrogen-bond acceptors (Lipinski definition) is 7. The number of hydrogen-bond donors (Lipinski definition) is 3. The Morgan fingerprint density at radius 3 is 2.78 bits per heavy atom. The van der Waals surface area contributed by atoms with Crippen molar-refractivity contribution in [2.45, 2.75) is 6.29 Å². The van der Waals surface area contributed by atoms with Gasteiger partial charge in [0.05, 0.1) is 7.11 Å².